The normalized spacial score (nSPS) is 17.6. The van der Waals surface area contributed by atoms with E-state index in [9.17, 15) is 14.9 Å². The Morgan fingerprint density at radius 1 is 1.58 bits per heavy atom. The molecule has 1 unspecified atom stereocenters. The number of halogens is 1. The summed E-state index contributed by atoms with van der Waals surface area (Å²) in [5.74, 6) is -0.165. The van der Waals surface area contributed by atoms with Crippen LogP contribution in [-0.2, 0) is 4.79 Å². The number of amides is 1. The Hall–Kier alpha value is -1.66. The fourth-order valence-corrected chi connectivity index (χ4v) is 2.05. The third-order valence-corrected chi connectivity index (χ3v) is 3.63. The number of anilines is 1. The van der Waals surface area contributed by atoms with E-state index in [1.54, 1.807) is 6.92 Å². The van der Waals surface area contributed by atoms with Crippen molar-refractivity contribution in [2.24, 2.45) is 11.7 Å². The van der Waals surface area contributed by atoms with Gasteiger partial charge in [-0.2, -0.15) is 0 Å². The van der Waals surface area contributed by atoms with Gasteiger partial charge in [-0.3, -0.25) is 14.9 Å². The number of benzene rings is 1. The maximum atomic E-state index is 12.0. The van der Waals surface area contributed by atoms with Crippen LogP contribution >= 0.6 is 11.6 Å². The standard InChI is InChI=1S/C12H14ClN3O3/c1-12(14,7-2-3-7)11(17)15-8-4-5-9(13)10(6-8)16(18)19/h4-7H,2-3,14H2,1H3,(H,15,17). The molecule has 0 heterocycles. The highest BCUT2D eigenvalue weighted by Crippen LogP contribution is 2.38. The molecule has 6 nitrogen and oxygen atoms in total. The molecular formula is C12H14ClN3O3. The summed E-state index contributed by atoms with van der Waals surface area (Å²) in [6.45, 7) is 1.67. The maximum Gasteiger partial charge on any atom is 0.289 e. The molecule has 1 aliphatic carbocycles. The molecular weight excluding hydrogens is 270 g/mol. The SMILES string of the molecule is CC(N)(C(=O)Nc1ccc(Cl)c([N+](=O)[O-])c1)C1CC1. The van der Waals surface area contributed by atoms with Crippen molar-refractivity contribution in [1.29, 1.82) is 0 Å². The lowest BCUT2D eigenvalue weighted by Crippen LogP contribution is -2.50. The Labute approximate surface area is 115 Å². The van der Waals surface area contributed by atoms with Gasteiger partial charge < -0.3 is 11.1 Å². The molecule has 1 saturated carbocycles. The zero-order valence-corrected chi connectivity index (χ0v) is 11.1. The van der Waals surface area contributed by atoms with E-state index in [1.165, 1.54) is 18.2 Å². The van der Waals surface area contributed by atoms with Crippen LogP contribution in [0.1, 0.15) is 19.8 Å². The maximum absolute atomic E-state index is 12.0. The van der Waals surface area contributed by atoms with E-state index >= 15 is 0 Å². The third kappa shape index (κ3) is 2.85. The second kappa shape index (κ2) is 4.79. The predicted molar refractivity (Wildman–Crippen MR) is 72.1 cm³/mol. The van der Waals surface area contributed by atoms with Crippen LogP contribution in [0.15, 0.2) is 18.2 Å². The molecule has 1 aliphatic rings. The Bertz CT molecular complexity index is 541. The van der Waals surface area contributed by atoms with Gasteiger partial charge in [0, 0.05) is 11.8 Å². The lowest BCUT2D eigenvalue weighted by Gasteiger charge is -2.23. The van der Waals surface area contributed by atoms with Crippen molar-refractivity contribution in [3.8, 4) is 0 Å². The molecule has 0 spiro atoms. The van der Waals surface area contributed by atoms with Gasteiger partial charge in [0.25, 0.3) is 5.69 Å². The van der Waals surface area contributed by atoms with E-state index in [0.29, 0.717) is 5.69 Å². The highest BCUT2D eigenvalue weighted by atomic mass is 35.5. The van der Waals surface area contributed by atoms with Crippen molar-refractivity contribution in [2.75, 3.05) is 5.32 Å². The molecule has 1 aromatic rings. The number of carbonyl (C=O) groups is 1. The summed E-state index contributed by atoms with van der Waals surface area (Å²) in [5.41, 5.74) is 5.09. The summed E-state index contributed by atoms with van der Waals surface area (Å²) in [4.78, 5) is 22.2. The Morgan fingerprint density at radius 3 is 2.74 bits per heavy atom. The fourth-order valence-electron chi connectivity index (χ4n) is 1.86. The Kier molecular flexibility index (Phi) is 3.47. The number of nitrogens with zero attached hydrogens (tertiary/aromatic N) is 1. The molecule has 0 bridgehead atoms. The largest absolute Gasteiger partial charge is 0.324 e. The third-order valence-electron chi connectivity index (χ3n) is 3.32. The van der Waals surface area contributed by atoms with Gasteiger partial charge in [0.2, 0.25) is 5.91 Å². The van der Waals surface area contributed by atoms with Gasteiger partial charge in [-0.25, -0.2) is 0 Å². The van der Waals surface area contributed by atoms with Crippen molar-refractivity contribution < 1.29 is 9.72 Å². The number of hydrogen-bond acceptors (Lipinski definition) is 4. The molecule has 0 radical (unpaired) electrons. The van der Waals surface area contributed by atoms with E-state index in [1.807, 2.05) is 0 Å². The minimum Gasteiger partial charge on any atom is -0.324 e. The first-order valence-electron chi connectivity index (χ1n) is 5.86. The fraction of sp³-hybridized carbons (Fsp3) is 0.417. The molecule has 1 atom stereocenters. The van der Waals surface area contributed by atoms with Crippen molar-refractivity contribution in [2.45, 2.75) is 25.3 Å². The molecule has 1 amide bonds. The zero-order chi connectivity index (χ0) is 14.2. The number of nitro groups is 1. The highest BCUT2D eigenvalue weighted by molar-refractivity contribution is 6.32. The van der Waals surface area contributed by atoms with Gasteiger partial charge in [-0.05, 0) is 37.8 Å². The monoisotopic (exact) mass is 283 g/mol. The number of nitrogens with one attached hydrogen (secondary N) is 1. The average molecular weight is 284 g/mol. The second-order valence-electron chi connectivity index (χ2n) is 4.93. The Morgan fingerprint density at radius 2 is 2.21 bits per heavy atom. The molecule has 0 aliphatic heterocycles. The van der Waals surface area contributed by atoms with Crippen LogP contribution in [0, 0.1) is 16.0 Å². The number of carbonyl (C=O) groups excluding carboxylic acids is 1. The molecule has 1 fully saturated rings. The summed E-state index contributed by atoms with van der Waals surface area (Å²) in [6.07, 6.45) is 1.86. The quantitative estimate of drug-likeness (QED) is 0.654. The first-order chi connectivity index (χ1) is 8.82. The zero-order valence-electron chi connectivity index (χ0n) is 10.4. The summed E-state index contributed by atoms with van der Waals surface area (Å²) < 4.78 is 0. The molecule has 1 aromatic carbocycles. The van der Waals surface area contributed by atoms with Crippen LogP contribution in [0.3, 0.4) is 0 Å². The Balaban J connectivity index is 2.17. The smallest absolute Gasteiger partial charge is 0.289 e. The minimum atomic E-state index is -0.950. The molecule has 0 saturated heterocycles. The minimum absolute atomic E-state index is 0.0284. The van der Waals surface area contributed by atoms with E-state index in [2.05, 4.69) is 5.32 Å². The topological polar surface area (TPSA) is 98.3 Å². The van der Waals surface area contributed by atoms with Crippen LogP contribution in [-0.4, -0.2) is 16.4 Å². The summed E-state index contributed by atoms with van der Waals surface area (Å²) >= 11 is 5.70. The molecule has 7 heteroatoms. The lowest BCUT2D eigenvalue weighted by atomic mass is 9.96. The van der Waals surface area contributed by atoms with Crippen molar-refractivity contribution in [3.05, 3.63) is 33.3 Å². The van der Waals surface area contributed by atoms with Crippen LogP contribution < -0.4 is 11.1 Å². The van der Waals surface area contributed by atoms with E-state index < -0.39 is 10.5 Å². The van der Waals surface area contributed by atoms with Gasteiger partial charge in [0.15, 0.2) is 0 Å². The van der Waals surface area contributed by atoms with Gasteiger partial charge in [-0.15, -0.1) is 0 Å². The second-order valence-corrected chi connectivity index (χ2v) is 5.34. The van der Waals surface area contributed by atoms with Crippen LogP contribution in [0.25, 0.3) is 0 Å². The van der Waals surface area contributed by atoms with Crippen LogP contribution in [0.5, 0.6) is 0 Å². The first kappa shape index (κ1) is 13.8. The molecule has 102 valence electrons. The molecule has 2 rings (SSSR count). The van der Waals surface area contributed by atoms with E-state index in [0.717, 1.165) is 12.8 Å². The lowest BCUT2D eigenvalue weighted by molar-refractivity contribution is -0.384. The van der Waals surface area contributed by atoms with Crippen molar-refractivity contribution >= 4 is 28.9 Å². The first-order valence-corrected chi connectivity index (χ1v) is 6.24. The van der Waals surface area contributed by atoms with Gasteiger partial charge in [0.1, 0.15) is 5.02 Å². The summed E-state index contributed by atoms with van der Waals surface area (Å²) in [7, 11) is 0. The van der Waals surface area contributed by atoms with Crippen molar-refractivity contribution in [1.82, 2.24) is 0 Å². The van der Waals surface area contributed by atoms with Crippen LogP contribution in [0.2, 0.25) is 5.02 Å². The number of rotatable bonds is 4. The number of nitro benzene ring substituents is 1. The predicted octanol–water partition coefficient (Wildman–Crippen LogP) is 2.31. The van der Waals surface area contributed by atoms with Crippen molar-refractivity contribution in [3.63, 3.8) is 0 Å². The van der Waals surface area contributed by atoms with Gasteiger partial charge in [0.05, 0.1) is 10.5 Å². The number of hydrogen-bond donors (Lipinski definition) is 2. The van der Waals surface area contributed by atoms with E-state index in [4.69, 9.17) is 17.3 Å². The van der Waals surface area contributed by atoms with Gasteiger partial charge in [-0.1, -0.05) is 11.6 Å². The van der Waals surface area contributed by atoms with Crippen LogP contribution in [0.4, 0.5) is 11.4 Å². The summed E-state index contributed by atoms with van der Waals surface area (Å²) in [6, 6.07) is 4.11. The molecule has 19 heavy (non-hydrogen) atoms. The highest BCUT2D eigenvalue weighted by Gasteiger charge is 2.44. The van der Waals surface area contributed by atoms with E-state index in [-0.39, 0.29) is 22.5 Å². The molecule has 0 aromatic heterocycles. The molecule has 3 N–H and O–H groups in total. The van der Waals surface area contributed by atoms with Gasteiger partial charge >= 0.3 is 0 Å². The average Bonchev–Trinajstić information content (AvgIpc) is 3.15. The number of nitrogens with two attached hydrogens (primary N) is 1. The summed E-state index contributed by atoms with van der Waals surface area (Å²) in [5, 5.41) is 13.4.